The molecule has 0 spiro atoms. The molecule has 1 fully saturated rings. The first-order chi connectivity index (χ1) is 14.5. The van der Waals surface area contributed by atoms with Crippen LogP contribution in [0.4, 0.5) is 10.3 Å². The van der Waals surface area contributed by atoms with Crippen LogP contribution in [0.15, 0.2) is 29.4 Å². The van der Waals surface area contributed by atoms with Gasteiger partial charge in [-0.05, 0) is 43.5 Å². The van der Waals surface area contributed by atoms with Crippen LogP contribution in [0, 0.1) is 12.7 Å². The predicted octanol–water partition coefficient (Wildman–Crippen LogP) is 1.33. The van der Waals surface area contributed by atoms with E-state index in [-0.39, 0.29) is 24.0 Å². The number of carbonyl (C=O) groups excluding carboxylic acids is 1. The molecule has 0 bridgehead atoms. The normalized spacial score (nSPS) is 18.4. The van der Waals surface area contributed by atoms with Crippen molar-refractivity contribution in [3.05, 3.63) is 41.3 Å². The van der Waals surface area contributed by atoms with Gasteiger partial charge in [0, 0.05) is 18.0 Å². The zero-order valence-electron chi connectivity index (χ0n) is 16.0. The summed E-state index contributed by atoms with van der Waals surface area (Å²) >= 11 is 0. The molecule has 1 saturated carbocycles. The lowest BCUT2D eigenvalue weighted by molar-refractivity contribution is -0.116. The zero-order valence-corrected chi connectivity index (χ0v) is 16.0. The van der Waals surface area contributed by atoms with Gasteiger partial charge in [0.25, 0.3) is 5.91 Å². The highest BCUT2D eigenvalue weighted by Crippen LogP contribution is 2.28. The quantitative estimate of drug-likeness (QED) is 0.559. The van der Waals surface area contributed by atoms with Gasteiger partial charge in [-0.15, -0.1) is 0 Å². The molecule has 30 heavy (non-hydrogen) atoms. The first kappa shape index (κ1) is 18.4. The van der Waals surface area contributed by atoms with E-state index in [1.807, 2.05) is 0 Å². The van der Waals surface area contributed by atoms with E-state index in [0.717, 1.165) is 12.8 Å². The van der Waals surface area contributed by atoms with Crippen molar-refractivity contribution in [1.82, 2.24) is 24.9 Å². The minimum absolute atomic E-state index is 0.0694. The molecule has 3 aromatic rings. The monoisotopic (exact) mass is 411 g/mol. The molecule has 3 heterocycles. The number of hydrogen-bond donors (Lipinski definition) is 3. The second-order valence-corrected chi connectivity index (χ2v) is 7.27. The van der Waals surface area contributed by atoms with Crippen molar-refractivity contribution < 1.29 is 19.0 Å². The van der Waals surface area contributed by atoms with Crippen LogP contribution in [-0.2, 0) is 11.2 Å². The Morgan fingerprint density at radius 3 is 2.90 bits per heavy atom. The fourth-order valence-electron chi connectivity index (χ4n) is 3.15. The molecular formula is C19H18FN7O3. The predicted molar refractivity (Wildman–Crippen MR) is 104 cm³/mol. The molecule has 1 atom stereocenters. The van der Waals surface area contributed by atoms with Crippen molar-refractivity contribution in [3.63, 3.8) is 0 Å². The molecule has 154 valence electrons. The first-order valence-electron chi connectivity index (χ1n) is 9.47. The van der Waals surface area contributed by atoms with Crippen molar-refractivity contribution in [1.29, 1.82) is 0 Å². The minimum Gasteiger partial charge on any atom is -0.424 e. The van der Waals surface area contributed by atoms with Crippen LogP contribution in [0.3, 0.4) is 0 Å². The molecule has 3 N–H and O–H groups in total. The topological polar surface area (TPSA) is 126 Å². The number of nitrogens with one attached hydrogen (secondary N) is 2. The van der Waals surface area contributed by atoms with Crippen LogP contribution < -0.4 is 15.4 Å². The van der Waals surface area contributed by atoms with Crippen molar-refractivity contribution in [2.45, 2.75) is 38.6 Å². The molecule has 2 aromatic heterocycles. The van der Waals surface area contributed by atoms with Crippen LogP contribution in [-0.4, -0.2) is 48.7 Å². The molecule has 0 saturated heterocycles. The summed E-state index contributed by atoms with van der Waals surface area (Å²) in [6, 6.07) is 4.55. The van der Waals surface area contributed by atoms with Crippen LogP contribution in [0.5, 0.6) is 11.8 Å². The highest BCUT2D eigenvalue weighted by molar-refractivity contribution is 6.40. The number of hydrogen-bond acceptors (Lipinski definition) is 8. The second kappa shape index (κ2) is 7.02. The number of aliphatic imine (C=N–C) groups is 1. The van der Waals surface area contributed by atoms with Gasteiger partial charge in [-0.3, -0.25) is 4.79 Å². The van der Waals surface area contributed by atoms with Gasteiger partial charge in [-0.25, -0.2) is 9.38 Å². The van der Waals surface area contributed by atoms with Gasteiger partial charge in [-0.1, -0.05) is 0 Å². The number of aryl methyl sites for hydroxylation is 1. The van der Waals surface area contributed by atoms with E-state index in [0.29, 0.717) is 34.5 Å². The molecule has 10 nitrogen and oxygen atoms in total. The zero-order chi connectivity index (χ0) is 20.8. The van der Waals surface area contributed by atoms with Crippen LogP contribution >= 0.6 is 0 Å². The third-order valence-electron chi connectivity index (χ3n) is 4.83. The first-order valence-corrected chi connectivity index (χ1v) is 9.47. The van der Waals surface area contributed by atoms with Crippen LogP contribution in [0.25, 0.3) is 5.65 Å². The third-order valence-corrected chi connectivity index (χ3v) is 4.83. The molecule has 1 aliphatic carbocycles. The summed E-state index contributed by atoms with van der Waals surface area (Å²) in [7, 11) is 0. The number of halogens is 1. The molecule has 1 aromatic carbocycles. The minimum atomic E-state index is -1.24. The SMILES string of the molecule is Cc1cc(F)ccc1Oc1nc(NC2CC2)n2ncc(CC3=NC(O)NC3=O)c2n1. The highest BCUT2D eigenvalue weighted by atomic mass is 19.1. The van der Waals surface area contributed by atoms with Crippen molar-refractivity contribution in [3.8, 4) is 11.8 Å². The molecule has 11 heteroatoms. The summed E-state index contributed by atoms with van der Waals surface area (Å²) in [4.78, 5) is 24.7. The lowest BCUT2D eigenvalue weighted by atomic mass is 10.1. The fraction of sp³-hybridized carbons (Fsp3) is 0.316. The number of fused-ring (bicyclic) bond motifs is 1. The highest BCUT2D eigenvalue weighted by Gasteiger charge is 2.27. The summed E-state index contributed by atoms with van der Waals surface area (Å²) in [6.07, 6.45) is 2.54. The number of amides is 1. The lowest BCUT2D eigenvalue weighted by Crippen LogP contribution is -2.29. The van der Waals surface area contributed by atoms with Gasteiger partial charge < -0.3 is 20.5 Å². The average molecular weight is 411 g/mol. The van der Waals surface area contributed by atoms with E-state index in [1.54, 1.807) is 17.6 Å². The van der Waals surface area contributed by atoms with Crippen molar-refractivity contribution >= 4 is 23.2 Å². The van der Waals surface area contributed by atoms with E-state index in [9.17, 15) is 14.3 Å². The van der Waals surface area contributed by atoms with E-state index >= 15 is 0 Å². The number of aliphatic hydroxyl groups excluding tert-OH is 1. The Bertz CT molecular complexity index is 1190. The molecule has 2 aliphatic rings. The number of benzene rings is 1. The molecule has 1 amide bonds. The summed E-state index contributed by atoms with van der Waals surface area (Å²) < 4.78 is 20.8. The van der Waals surface area contributed by atoms with E-state index in [1.165, 1.54) is 18.2 Å². The largest absolute Gasteiger partial charge is 0.424 e. The Morgan fingerprint density at radius 2 is 2.20 bits per heavy atom. The Balaban J connectivity index is 1.53. The second-order valence-electron chi connectivity index (χ2n) is 7.27. The number of nitrogens with zero attached hydrogens (tertiary/aromatic N) is 5. The van der Waals surface area contributed by atoms with Gasteiger partial charge in [0.15, 0.2) is 5.65 Å². The van der Waals surface area contributed by atoms with E-state index in [4.69, 9.17) is 4.74 Å². The Hall–Kier alpha value is -3.60. The van der Waals surface area contributed by atoms with Gasteiger partial charge in [0.1, 0.15) is 17.3 Å². The van der Waals surface area contributed by atoms with Crippen LogP contribution in [0.1, 0.15) is 24.0 Å². The molecule has 5 rings (SSSR count). The molecule has 1 aliphatic heterocycles. The van der Waals surface area contributed by atoms with E-state index in [2.05, 4.69) is 30.7 Å². The Morgan fingerprint density at radius 1 is 1.37 bits per heavy atom. The molecule has 1 unspecified atom stereocenters. The standard InChI is InChI=1S/C19H18FN7O3/c1-9-6-11(20)2-5-14(9)30-19-24-15-10(7-13-16(28)25-18(29)23-13)8-21-27(15)17(26-19)22-12-3-4-12/h2,5-6,8,12,18,29H,3-4,7H2,1H3,(H,25,28)(H,22,24,26). The summed E-state index contributed by atoms with van der Waals surface area (Å²) in [5, 5.41) is 19.4. The average Bonchev–Trinajstić information content (AvgIpc) is 3.33. The number of carbonyl (C=O) groups is 1. The maximum atomic E-state index is 13.4. The number of aromatic nitrogens is 4. The van der Waals surface area contributed by atoms with Crippen molar-refractivity contribution in [2.75, 3.05) is 5.32 Å². The van der Waals surface area contributed by atoms with Gasteiger partial charge in [-0.2, -0.15) is 19.6 Å². The fourth-order valence-corrected chi connectivity index (χ4v) is 3.15. The maximum absolute atomic E-state index is 13.4. The smallest absolute Gasteiger partial charge is 0.327 e. The lowest BCUT2D eigenvalue weighted by Gasteiger charge is -2.11. The van der Waals surface area contributed by atoms with Gasteiger partial charge in [0.2, 0.25) is 12.3 Å². The summed E-state index contributed by atoms with van der Waals surface area (Å²) in [6.45, 7) is 1.73. The van der Waals surface area contributed by atoms with Gasteiger partial charge in [0.05, 0.1) is 6.20 Å². The van der Waals surface area contributed by atoms with Crippen molar-refractivity contribution in [2.24, 2.45) is 4.99 Å². The number of anilines is 1. The molecular weight excluding hydrogens is 393 g/mol. The Labute approximate surface area is 169 Å². The maximum Gasteiger partial charge on any atom is 0.327 e. The number of rotatable bonds is 6. The summed E-state index contributed by atoms with van der Waals surface area (Å²) in [5.74, 6) is 0.0945. The number of aliphatic hydroxyl groups is 1. The van der Waals surface area contributed by atoms with Gasteiger partial charge >= 0.3 is 6.01 Å². The molecule has 0 radical (unpaired) electrons. The van der Waals surface area contributed by atoms with E-state index < -0.39 is 12.3 Å². The number of ether oxygens (including phenoxy) is 1. The third kappa shape index (κ3) is 3.54. The Kier molecular flexibility index (Phi) is 4.31. The summed E-state index contributed by atoms with van der Waals surface area (Å²) in [5.41, 5.74) is 1.86. The van der Waals surface area contributed by atoms with Crippen LogP contribution in [0.2, 0.25) is 0 Å².